The van der Waals surface area contributed by atoms with E-state index in [2.05, 4.69) is 20.4 Å². The average Bonchev–Trinajstić information content (AvgIpc) is 3.07. The zero-order chi connectivity index (χ0) is 14.1. The zero-order valence-electron chi connectivity index (χ0n) is 11.0. The second-order valence-corrected chi connectivity index (χ2v) is 5.45. The van der Waals surface area contributed by atoms with Crippen molar-refractivity contribution in [1.82, 2.24) is 19.6 Å². The maximum atomic E-state index is 4.58. The van der Waals surface area contributed by atoms with Crippen LogP contribution < -0.4 is 5.32 Å². The molecule has 0 unspecified atom stereocenters. The predicted octanol–water partition coefficient (Wildman–Crippen LogP) is 3.60. The van der Waals surface area contributed by atoms with Crippen molar-refractivity contribution in [3.05, 3.63) is 61.1 Å². The van der Waals surface area contributed by atoms with Crippen LogP contribution in [-0.2, 0) is 0 Å². The van der Waals surface area contributed by atoms with E-state index in [4.69, 9.17) is 0 Å². The van der Waals surface area contributed by atoms with Gasteiger partial charge in [0, 0.05) is 23.6 Å². The van der Waals surface area contributed by atoms with Crippen LogP contribution in [0, 0.1) is 0 Å². The summed E-state index contributed by atoms with van der Waals surface area (Å²) >= 11 is 1.52. The van der Waals surface area contributed by atoms with Crippen LogP contribution in [0.2, 0.25) is 0 Å². The molecule has 0 fully saturated rings. The number of aromatic nitrogens is 4. The van der Waals surface area contributed by atoms with E-state index < -0.39 is 0 Å². The number of hydrogen-bond donors (Lipinski definition) is 1. The Hall–Kier alpha value is -2.73. The smallest absolute Gasteiger partial charge is 0.214 e. The van der Waals surface area contributed by atoms with Crippen LogP contribution in [0.3, 0.4) is 0 Å². The van der Waals surface area contributed by atoms with Gasteiger partial charge in [-0.05, 0) is 24.3 Å². The van der Waals surface area contributed by atoms with Crippen molar-refractivity contribution >= 4 is 27.1 Å². The molecule has 1 aromatic carbocycles. The van der Waals surface area contributed by atoms with Crippen LogP contribution in [0.15, 0.2) is 61.1 Å². The number of rotatable bonds is 3. The van der Waals surface area contributed by atoms with Crippen molar-refractivity contribution in [3.63, 3.8) is 0 Å². The van der Waals surface area contributed by atoms with Gasteiger partial charge in [0.25, 0.3) is 0 Å². The molecule has 0 saturated carbocycles. The minimum absolute atomic E-state index is 0.821. The van der Waals surface area contributed by atoms with Crippen molar-refractivity contribution in [2.24, 2.45) is 0 Å². The van der Waals surface area contributed by atoms with Crippen LogP contribution in [0.4, 0.5) is 10.8 Å². The van der Waals surface area contributed by atoms with Crippen molar-refractivity contribution in [2.75, 3.05) is 5.32 Å². The van der Waals surface area contributed by atoms with Gasteiger partial charge in [0.05, 0.1) is 11.9 Å². The van der Waals surface area contributed by atoms with Gasteiger partial charge in [0.1, 0.15) is 0 Å². The van der Waals surface area contributed by atoms with E-state index in [1.807, 2.05) is 48.7 Å². The van der Waals surface area contributed by atoms with E-state index in [9.17, 15) is 0 Å². The number of para-hydroxylation sites is 1. The molecule has 102 valence electrons. The summed E-state index contributed by atoms with van der Waals surface area (Å²) < 4.78 is 1.79. The lowest BCUT2D eigenvalue weighted by Crippen LogP contribution is -1.90. The SMILES string of the molecule is c1ccc(Nc2nn3cc(-c4cccnc4)nc3s2)cc1. The molecule has 3 aromatic heterocycles. The highest BCUT2D eigenvalue weighted by Gasteiger charge is 2.09. The topological polar surface area (TPSA) is 55.1 Å². The highest BCUT2D eigenvalue weighted by atomic mass is 32.1. The first-order chi connectivity index (χ1) is 10.4. The van der Waals surface area contributed by atoms with Gasteiger partial charge in [-0.15, -0.1) is 5.10 Å². The Labute approximate surface area is 124 Å². The summed E-state index contributed by atoms with van der Waals surface area (Å²) in [6.07, 6.45) is 5.47. The molecule has 21 heavy (non-hydrogen) atoms. The standard InChI is InChI=1S/C15H11N5S/c1-2-6-12(7-3-1)17-14-19-20-10-13(18-15(20)21-14)11-5-4-8-16-9-11/h1-10H,(H,17,19). The summed E-state index contributed by atoms with van der Waals surface area (Å²) in [5.74, 6) is 0. The first-order valence-corrected chi connectivity index (χ1v) is 7.29. The van der Waals surface area contributed by atoms with E-state index in [0.29, 0.717) is 0 Å². The second kappa shape index (κ2) is 4.99. The molecule has 4 rings (SSSR count). The van der Waals surface area contributed by atoms with E-state index >= 15 is 0 Å². The van der Waals surface area contributed by atoms with Crippen molar-refractivity contribution in [2.45, 2.75) is 0 Å². The third kappa shape index (κ3) is 2.36. The maximum absolute atomic E-state index is 4.58. The molecular weight excluding hydrogens is 282 g/mol. The summed E-state index contributed by atoms with van der Waals surface area (Å²) in [6.45, 7) is 0. The molecule has 5 nitrogen and oxygen atoms in total. The molecule has 0 amide bonds. The summed E-state index contributed by atoms with van der Waals surface area (Å²) in [6, 6.07) is 13.9. The normalized spacial score (nSPS) is 10.9. The lowest BCUT2D eigenvalue weighted by atomic mass is 10.2. The minimum atomic E-state index is 0.821. The predicted molar refractivity (Wildman–Crippen MR) is 83.8 cm³/mol. The Balaban J connectivity index is 1.65. The molecule has 0 bridgehead atoms. The van der Waals surface area contributed by atoms with E-state index in [0.717, 1.165) is 27.0 Å². The summed E-state index contributed by atoms with van der Waals surface area (Å²) in [5.41, 5.74) is 2.89. The lowest BCUT2D eigenvalue weighted by molar-refractivity contribution is 0.978. The molecule has 0 aliphatic rings. The van der Waals surface area contributed by atoms with Gasteiger partial charge in [0.15, 0.2) is 0 Å². The van der Waals surface area contributed by atoms with Gasteiger partial charge in [-0.25, -0.2) is 9.50 Å². The Morgan fingerprint density at radius 1 is 1.05 bits per heavy atom. The monoisotopic (exact) mass is 293 g/mol. The van der Waals surface area contributed by atoms with Crippen LogP contribution in [0.5, 0.6) is 0 Å². The van der Waals surface area contributed by atoms with Crippen LogP contribution >= 0.6 is 11.3 Å². The molecule has 4 aromatic rings. The summed E-state index contributed by atoms with van der Waals surface area (Å²) in [5, 5.41) is 8.59. The van der Waals surface area contributed by atoms with Gasteiger partial charge in [-0.2, -0.15) is 0 Å². The zero-order valence-corrected chi connectivity index (χ0v) is 11.8. The number of nitrogens with zero attached hydrogens (tertiary/aromatic N) is 4. The number of benzene rings is 1. The van der Waals surface area contributed by atoms with Gasteiger partial charge in [-0.3, -0.25) is 4.98 Å². The first-order valence-electron chi connectivity index (χ1n) is 6.47. The van der Waals surface area contributed by atoms with Gasteiger partial charge in [-0.1, -0.05) is 29.5 Å². The maximum Gasteiger partial charge on any atom is 0.214 e. The van der Waals surface area contributed by atoms with E-state index in [-0.39, 0.29) is 0 Å². The highest BCUT2D eigenvalue weighted by molar-refractivity contribution is 7.20. The Bertz CT molecular complexity index is 835. The Morgan fingerprint density at radius 2 is 1.95 bits per heavy atom. The number of imidazole rings is 1. The van der Waals surface area contributed by atoms with Crippen molar-refractivity contribution in [1.29, 1.82) is 0 Å². The largest absolute Gasteiger partial charge is 0.330 e. The summed E-state index contributed by atoms with van der Waals surface area (Å²) in [7, 11) is 0. The Morgan fingerprint density at radius 3 is 2.71 bits per heavy atom. The molecule has 0 saturated heterocycles. The second-order valence-electron chi connectivity index (χ2n) is 4.49. The number of pyridine rings is 1. The van der Waals surface area contributed by atoms with Crippen LogP contribution in [-0.4, -0.2) is 19.6 Å². The first kappa shape index (κ1) is 12.0. The molecular formula is C15H11N5S. The van der Waals surface area contributed by atoms with Gasteiger partial charge < -0.3 is 5.32 Å². The summed E-state index contributed by atoms with van der Waals surface area (Å²) in [4.78, 5) is 9.55. The van der Waals surface area contributed by atoms with E-state index in [1.165, 1.54) is 11.3 Å². The molecule has 1 N–H and O–H groups in total. The molecule has 6 heteroatoms. The number of nitrogens with one attached hydrogen (secondary N) is 1. The third-order valence-corrected chi connectivity index (χ3v) is 3.86. The fraction of sp³-hybridized carbons (Fsp3) is 0. The van der Waals surface area contributed by atoms with E-state index in [1.54, 1.807) is 16.9 Å². The molecule has 0 atom stereocenters. The Kier molecular flexibility index (Phi) is 2.86. The van der Waals surface area contributed by atoms with Crippen molar-refractivity contribution < 1.29 is 0 Å². The quantitative estimate of drug-likeness (QED) is 0.627. The van der Waals surface area contributed by atoms with Crippen molar-refractivity contribution in [3.8, 4) is 11.3 Å². The molecule has 0 aliphatic carbocycles. The van der Waals surface area contributed by atoms with Crippen LogP contribution in [0.25, 0.3) is 16.2 Å². The molecule has 3 heterocycles. The fourth-order valence-electron chi connectivity index (χ4n) is 2.05. The fourth-order valence-corrected chi connectivity index (χ4v) is 2.85. The number of fused-ring (bicyclic) bond motifs is 1. The van der Waals surface area contributed by atoms with Gasteiger partial charge >= 0.3 is 0 Å². The van der Waals surface area contributed by atoms with Gasteiger partial charge in [0.2, 0.25) is 10.1 Å². The lowest BCUT2D eigenvalue weighted by Gasteiger charge is -1.99. The number of hydrogen-bond acceptors (Lipinski definition) is 5. The average molecular weight is 293 g/mol. The molecule has 0 radical (unpaired) electrons. The third-order valence-electron chi connectivity index (χ3n) is 3.03. The highest BCUT2D eigenvalue weighted by Crippen LogP contribution is 2.25. The molecule has 0 aliphatic heterocycles. The van der Waals surface area contributed by atoms with Crippen LogP contribution in [0.1, 0.15) is 0 Å². The minimum Gasteiger partial charge on any atom is -0.330 e. The molecule has 0 spiro atoms. The number of anilines is 2.